The Hall–Kier alpha value is -2.89. The maximum Gasteiger partial charge on any atom is 0.322 e. The second-order valence-corrected chi connectivity index (χ2v) is 8.13. The van der Waals surface area contributed by atoms with Gasteiger partial charge in [0.2, 0.25) is 11.8 Å². The van der Waals surface area contributed by atoms with Crippen LogP contribution in [0.15, 0.2) is 30.3 Å². The summed E-state index contributed by atoms with van der Waals surface area (Å²) < 4.78 is 0. The van der Waals surface area contributed by atoms with Crippen LogP contribution < -0.4 is 16.4 Å². The molecule has 0 spiro atoms. The number of carbonyl (C=O) groups excluding carboxylic acids is 2. The molecular formula is C20H25N3O7S. The zero-order valence-electron chi connectivity index (χ0n) is 16.6. The van der Waals surface area contributed by atoms with Crippen LogP contribution in [-0.2, 0) is 19.2 Å². The summed E-state index contributed by atoms with van der Waals surface area (Å²) in [5.74, 6) is -3.84. The summed E-state index contributed by atoms with van der Waals surface area (Å²) in [5, 5.41) is 33.2. The topological polar surface area (TPSA) is 179 Å². The number of nitrogens with one attached hydrogen (secondary N) is 2. The van der Waals surface area contributed by atoms with Crippen LogP contribution in [-0.4, -0.2) is 69.6 Å². The molecule has 0 heterocycles. The van der Waals surface area contributed by atoms with E-state index in [2.05, 4.69) is 10.6 Å². The van der Waals surface area contributed by atoms with E-state index in [1.807, 2.05) is 24.3 Å². The fourth-order valence-corrected chi connectivity index (χ4v) is 4.42. The number of fused-ring (bicyclic) bond motifs is 1. The Morgan fingerprint density at radius 2 is 1.84 bits per heavy atom. The Balaban J connectivity index is 2.15. The van der Waals surface area contributed by atoms with Crippen LogP contribution in [0.25, 0.3) is 6.08 Å². The molecule has 168 valence electrons. The first-order chi connectivity index (χ1) is 14.7. The largest absolute Gasteiger partial charge is 0.480 e. The fourth-order valence-electron chi connectivity index (χ4n) is 3.09. The molecule has 0 aromatic heterocycles. The molecule has 0 saturated carbocycles. The van der Waals surface area contributed by atoms with Crippen LogP contribution in [0.3, 0.4) is 0 Å². The fraction of sp³-hybridized carbons (Fsp3) is 0.400. The molecule has 7 N–H and O–H groups in total. The van der Waals surface area contributed by atoms with Crippen molar-refractivity contribution in [1.82, 2.24) is 10.6 Å². The number of nitrogens with two attached hydrogens (primary N) is 1. The average Bonchev–Trinajstić information content (AvgIpc) is 2.72. The van der Waals surface area contributed by atoms with Crippen LogP contribution in [0.1, 0.15) is 29.2 Å². The van der Waals surface area contributed by atoms with E-state index in [-0.39, 0.29) is 18.6 Å². The van der Waals surface area contributed by atoms with Crippen LogP contribution >= 0.6 is 11.8 Å². The quantitative estimate of drug-likeness (QED) is 0.249. The Kier molecular flexibility index (Phi) is 9.03. The van der Waals surface area contributed by atoms with Crippen molar-refractivity contribution in [3.8, 4) is 0 Å². The van der Waals surface area contributed by atoms with Gasteiger partial charge in [-0.15, -0.1) is 11.8 Å². The predicted molar refractivity (Wildman–Crippen MR) is 114 cm³/mol. The van der Waals surface area contributed by atoms with Crippen molar-refractivity contribution >= 4 is 41.6 Å². The average molecular weight is 452 g/mol. The highest BCUT2D eigenvalue weighted by Crippen LogP contribution is 2.38. The number of hydrogen-bond acceptors (Lipinski definition) is 7. The lowest BCUT2D eigenvalue weighted by Gasteiger charge is -2.28. The third-order valence-corrected chi connectivity index (χ3v) is 6.06. The van der Waals surface area contributed by atoms with Gasteiger partial charge in [-0.2, -0.15) is 0 Å². The van der Waals surface area contributed by atoms with Gasteiger partial charge in [-0.3, -0.25) is 24.5 Å². The van der Waals surface area contributed by atoms with Gasteiger partial charge in [0.05, 0.1) is 17.4 Å². The van der Waals surface area contributed by atoms with E-state index in [9.17, 15) is 29.4 Å². The minimum absolute atomic E-state index is 0.0513. The van der Waals surface area contributed by atoms with Crippen molar-refractivity contribution in [1.29, 1.82) is 0 Å². The van der Waals surface area contributed by atoms with E-state index in [1.165, 1.54) is 11.8 Å². The first-order valence-corrected chi connectivity index (χ1v) is 10.6. The van der Waals surface area contributed by atoms with Crippen LogP contribution in [0.2, 0.25) is 0 Å². The molecule has 11 heteroatoms. The summed E-state index contributed by atoms with van der Waals surface area (Å²) in [6.45, 7) is -0.627. The molecule has 1 aliphatic carbocycles. The summed E-state index contributed by atoms with van der Waals surface area (Å²) in [6.07, 6.45) is 2.31. The normalized spacial score (nSPS) is 19.1. The summed E-state index contributed by atoms with van der Waals surface area (Å²) in [4.78, 5) is 45.9. The molecule has 4 atom stereocenters. The molecule has 0 bridgehead atoms. The lowest BCUT2D eigenvalue weighted by atomic mass is 9.95. The number of aliphatic hydroxyl groups is 1. The highest BCUT2D eigenvalue weighted by molar-refractivity contribution is 7.99. The van der Waals surface area contributed by atoms with Gasteiger partial charge >= 0.3 is 11.9 Å². The highest BCUT2D eigenvalue weighted by atomic mass is 32.2. The molecule has 1 aliphatic rings. The Labute approximate surface area is 182 Å². The number of hydrogen-bond donors (Lipinski definition) is 6. The van der Waals surface area contributed by atoms with E-state index >= 15 is 0 Å². The molecule has 3 unspecified atom stereocenters. The van der Waals surface area contributed by atoms with Crippen LogP contribution in [0.5, 0.6) is 0 Å². The van der Waals surface area contributed by atoms with E-state index in [4.69, 9.17) is 10.8 Å². The zero-order valence-corrected chi connectivity index (χ0v) is 17.4. The van der Waals surface area contributed by atoms with Crippen LogP contribution in [0.4, 0.5) is 0 Å². The van der Waals surface area contributed by atoms with E-state index in [0.717, 1.165) is 11.1 Å². The third kappa shape index (κ3) is 7.39. The van der Waals surface area contributed by atoms with Gasteiger partial charge < -0.3 is 26.4 Å². The summed E-state index contributed by atoms with van der Waals surface area (Å²) in [6, 6.07) is 5.13. The first kappa shape index (κ1) is 24.4. The summed E-state index contributed by atoms with van der Waals surface area (Å²) >= 11 is 1.24. The molecule has 31 heavy (non-hydrogen) atoms. The van der Waals surface area contributed by atoms with Crippen molar-refractivity contribution in [2.24, 2.45) is 5.73 Å². The molecule has 1 aromatic carbocycles. The standard InChI is InChI=1S/C20H25N3O7S/c21-16(25)8-6-13(20(29)30)23-14(19(28)22-9-17(26)27)10-31-18-12-4-2-1-3-11(12)5-7-15(18)24/h1-5,7,13-15,18,23-24H,6,8-10H2,(H2,21,25)(H,22,28)(H,26,27)(H,29,30)/t13-,14?,15?,18?/m0/s1. The minimum atomic E-state index is -1.27. The molecular weight excluding hydrogens is 426 g/mol. The number of carboxylic acid groups (broad SMARTS) is 2. The van der Waals surface area contributed by atoms with Gasteiger partial charge in [0.1, 0.15) is 12.6 Å². The number of aliphatic hydroxyl groups excluding tert-OH is 1. The monoisotopic (exact) mass is 451 g/mol. The lowest BCUT2D eigenvalue weighted by molar-refractivity contribution is -0.141. The van der Waals surface area contributed by atoms with Gasteiger partial charge in [-0.1, -0.05) is 36.4 Å². The Morgan fingerprint density at radius 3 is 2.48 bits per heavy atom. The molecule has 10 nitrogen and oxygen atoms in total. The Bertz CT molecular complexity index is 861. The van der Waals surface area contributed by atoms with E-state index in [1.54, 1.807) is 12.2 Å². The SMILES string of the molecule is NC(=O)CC[C@H](NC(CSC1c2ccccc2C=CC1O)C(=O)NCC(=O)O)C(=O)O. The third-order valence-electron chi connectivity index (χ3n) is 4.64. The number of carbonyl (C=O) groups is 4. The predicted octanol–water partition coefficient (Wildman–Crippen LogP) is -0.274. The maximum absolute atomic E-state index is 12.5. The number of carboxylic acids is 2. The van der Waals surface area contributed by atoms with E-state index < -0.39 is 53.7 Å². The number of primary amides is 1. The number of benzene rings is 1. The molecule has 2 rings (SSSR count). The Morgan fingerprint density at radius 1 is 1.13 bits per heavy atom. The van der Waals surface area contributed by atoms with Gasteiger partial charge in [0, 0.05) is 12.2 Å². The lowest BCUT2D eigenvalue weighted by Crippen LogP contribution is -2.53. The molecule has 2 amide bonds. The maximum atomic E-state index is 12.5. The van der Waals surface area contributed by atoms with Gasteiger partial charge in [-0.05, 0) is 17.5 Å². The highest BCUT2D eigenvalue weighted by Gasteiger charge is 2.30. The second kappa shape index (κ2) is 11.5. The van der Waals surface area contributed by atoms with Crippen molar-refractivity contribution in [2.75, 3.05) is 12.3 Å². The van der Waals surface area contributed by atoms with Crippen molar-refractivity contribution in [2.45, 2.75) is 36.3 Å². The van der Waals surface area contributed by atoms with Gasteiger partial charge in [-0.25, -0.2) is 0 Å². The number of rotatable bonds is 12. The zero-order chi connectivity index (χ0) is 23.0. The molecule has 0 radical (unpaired) electrons. The minimum Gasteiger partial charge on any atom is -0.480 e. The number of aliphatic carboxylic acids is 2. The van der Waals surface area contributed by atoms with E-state index in [0.29, 0.717) is 0 Å². The second-order valence-electron chi connectivity index (χ2n) is 6.96. The van der Waals surface area contributed by atoms with Crippen LogP contribution in [0, 0.1) is 0 Å². The van der Waals surface area contributed by atoms with Gasteiger partial charge in [0.15, 0.2) is 0 Å². The van der Waals surface area contributed by atoms with Crippen molar-refractivity contribution in [3.63, 3.8) is 0 Å². The number of amides is 2. The molecule has 0 saturated heterocycles. The van der Waals surface area contributed by atoms with Crippen molar-refractivity contribution < 1.29 is 34.5 Å². The van der Waals surface area contributed by atoms with Gasteiger partial charge in [0.25, 0.3) is 0 Å². The van der Waals surface area contributed by atoms with Crippen molar-refractivity contribution in [3.05, 3.63) is 41.5 Å². The molecule has 0 aliphatic heterocycles. The smallest absolute Gasteiger partial charge is 0.322 e. The first-order valence-electron chi connectivity index (χ1n) is 9.52. The number of thioether (sulfide) groups is 1. The molecule has 1 aromatic rings. The summed E-state index contributed by atoms with van der Waals surface area (Å²) in [7, 11) is 0. The summed E-state index contributed by atoms with van der Waals surface area (Å²) in [5.41, 5.74) is 6.88. The molecule has 0 fully saturated rings.